The van der Waals surface area contributed by atoms with E-state index < -0.39 is 13.4 Å². The predicted molar refractivity (Wildman–Crippen MR) is 56.1 cm³/mol. The van der Waals surface area contributed by atoms with Crippen LogP contribution in [0.3, 0.4) is 0 Å². The van der Waals surface area contributed by atoms with Crippen molar-refractivity contribution in [3.05, 3.63) is 0 Å². The summed E-state index contributed by atoms with van der Waals surface area (Å²) in [6.07, 6.45) is 4.76. The van der Waals surface area contributed by atoms with Crippen molar-refractivity contribution in [2.75, 3.05) is 0 Å². The molecule has 0 aromatic rings. The molecule has 0 unspecified atom stereocenters. The van der Waals surface area contributed by atoms with Crippen molar-refractivity contribution in [2.45, 2.75) is 64.9 Å². The molecule has 0 amide bonds. The van der Waals surface area contributed by atoms with Crippen LogP contribution in [0.2, 0.25) is 0 Å². The summed E-state index contributed by atoms with van der Waals surface area (Å²) in [7, 11) is -4.87. The molecule has 0 saturated heterocycles. The number of hydrogen-bond acceptors (Lipinski definition) is 4. The minimum atomic E-state index is -4.87. The van der Waals surface area contributed by atoms with Gasteiger partial charge in [0.1, 0.15) is 0 Å². The van der Waals surface area contributed by atoms with E-state index in [1.54, 1.807) is 0 Å². The molecule has 92 valence electrons. The quantitative estimate of drug-likeness (QED) is 0.317. The Morgan fingerprint density at radius 3 is 1.94 bits per heavy atom. The Labute approximate surface area is 121 Å². The summed E-state index contributed by atoms with van der Waals surface area (Å²) < 4.78 is 15.4. The normalized spacial score (nSPS) is 12.3. The second-order valence-corrected chi connectivity index (χ2v) is 4.96. The van der Waals surface area contributed by atoms with Crippen molar-refractivity contribution in [3.8, 4) is 0 Å². The molecule has 6 heteroatoms. The maximum Gasteiger partial charge on any atom is 1.00 e. The van der Waals surface area contributed by atoms with Crippen LogP contribution in [-0.2, 0) is 9.09 Å². The molecule has 0 radical (unpaired) electrons. The Morgan fingerprint density at radius 1 is 1.12 bits per heavy atom. The Kier molecular flexibility index (Phi) is 11.1. The summed E-state index contributed by atoms with van der Waals surface area (Å²) in [6, 6.07) is 0. The zero-order chi connectivity index (χ0) is 11.9. The van der Waals surface area contributed by atoms with E-state index in [1.807, 2.05) is 13.8 Å². The first-order valence-electron chi connectivity index (χ1n) is 5.62. The van der Waals surface area contributed by atoms with E-state index >= 15 is 0 Å². The summed E-state index contributed by atoms with van der Waals surface area (Å²) in [4.78, 5) is 21.3. The third-order valence-corrected chi connectivity index (χ3v) is 3.44. The van der Waals surface area contributed by atoms with Crippen molar-refractivity contribution in [1.82, 2.24) is 0 Å². The third kappa shape index (κ3) is 8.24. The fourth-order valence-electron chi connectivity index (χ4n) is 1.71. The summed E-state index contributed by atoms with van der Waals surface area (Å²) in [6.45, 7) is 5.78. The third-order valence-electron chi connectivity index (χ3n) is 2.83. The molecule has 0 fully saturated rings. The molecule has 0 aliphatic heterocycles. The monoisotopic (exact) mass is 259 g/mol. The van der Waals surface area contributed by atoms with Gasteiger partial charge in [-0.05, 0) is 19.3 Å². The van der Waals surface area contributed by atoms with Gasteiger partial charge in [-0.25, -0.2) is 0 Å². The second-order valence-electron chi connectivity index (χ2n) is 3.89. The predicted octanol–water partition coefficient (Wildman–Crippen LogP) is -1.03. The van der Waals surface area contributed by atoms with E-state index in [0.717, 1.165) is 19.3 Å². The first kappa shape index (κ1) is 19.4. The Balaban J connectivity index is 0. The van der Waals surface area contributed by atoms with Crippen molar-refractivity contribution in [3.63, 3.8) is 0 Å². The number of phosphoric ester groups is 1. The summed E-state index contributed by atoms with van der Waals surface area (Å²) >= 11 is 0. The SMILES string of the molecule is CCCCCC(CC)(CC)OP(=O)([O-])[O-].[Na+]. The molecule has 0 rings (SSSR count). The fourth-order valence-corrected chi connectivity index (χ4v) is 2.54. The van der Waals surface area contributed by atoms with Gasteiger partial charge in [0.25, 0.3) is 0 Å². The molecular formula is C10H21NaO4P-. The van der Waals surface area contributed by atoms with Crippen molar-refractivity contribution in [2.24, 2.45) is 0 Å². The van der Waals surface area contributed by atoms with Crippen LogP contribution in [0, 0.1) is 0 Å². The van der Waals surface area contributed by atoms with Crippen molar-refractivity contribution < 1.29 is 48.4 Å². The molecule has 0 aliphatic carbocycles. The minimum Gasteiger partial charge on any atom is -0.790 e. The van der Waals surface area contributed by atoms with Crippen LogP contribution in [0.4, 0.5) is 0 Å². The molecule has 4 nitrogen and oxygen atoms in total. The molecule has 0 bridgehead atoms. The van der Waals surface area contributed by atoms with Gasteiger partial charge in [0.2, 0.25) is 0 Å². The molecule has 0 N–H and O–H groups in total. The van der Waals surface area contributed by atoms with Crippen LogP contribution in [0.25, 0.3) is 0 Å². The summed E-state index contributed by atoms with van der Waals surface area (Å²) in [5, 5.41) is 0. The molecular weight excluding hydrogens is 238 g/mol. The maximum absolute atomic E-state index is 10.6. The van der Waals surface area contributed by atoms with E-state index in [1.165, 1.54) is 0 Å². The van der Waals surface area contributed by atoms with Gasteiger partial charge in [0.15, 0.2) is 0 Å². The average molecular weight is 259 g/mol. The second kappa shape index (κ2) is 9.09. The Bertz CT molecular complexity index is 213. The van der Waals surface area contributed by atoms with Crippen LogP contribution >= 0.6 is 7.82 Å². The first-order chi connectivity index (χ1) is 6.89. The smallest absolute Gasteiger partial charge is 0.790 e. The van der Waals surface area contributed by atoms with E-state index in [9.17, 15) is 14.4 Å². The maximum atomic E-state index is 10.6. The zero-order valence-electron chi connectivity index (χ0n) is 10.8. The topological polar surface area (TPSA) is 72.4 Å². The van der Waals surface area contributed by atoms with Gasteiger partial charge in [0, 0.05) is 0 Å². The molecule has 0 aromatic carbocycles. The van der Waals surface area contributed by atoms with Crippen LogP contribution in [0.15, 0.2) is 0 Å². The van der Waals surface area contributed by atoms with Gasteiger partial charge in [-0.15, -0.1) is 0 Å². The van der Waals surface area contributed by atoms with E-state index in [0.29, 0.717) is 19.3 Å². The molecule has 0 aliphatic rings. The molecule has 0 spiro atoms. The number of phosphoric acid groups is 1. The summed E-state index contributed by atoms with van der Waals surface area (Å²) in [5.74, 6) is 0. The van der Waals surface area contributed by atoms with Crippen LogP contribution in [-0.4, -0.2) is 5.60 Å². The van der Waals surface area contributed by atoms with Gasteiger partial charge in [-0.1, -0.05) is 40.0 Å². The van der Waals surface area contributed by atoms with E-state index in [-0.39, 0.29) is 29.6 Å². The zero-order valence-corrected chi connectivity index (χ0v) is 13.7. The molecule has 0 atom stereocenters. The minimum absolute atomic E-state index is 0. The number of hydrogen-bond donors (Lipinski definition) is 0. The van der Waals surface area contributed by atoms with Crippen LogP contribution in [0.1, 0.15) is 59.3 Å². The number of unbranched alkanes of at least 4 members (excludes halogenated alkanes) is 2. The van der Waals surface area contributed by atoms with E-state index in [2.05, 4.69) is 6.92 Å². The molecule has 0 aromatic heterocycles. The van der Waals surface area contributed by atoms with Gasteiger partial charge in [-0.3, -0.25) is 0 Å². The molecule has 16 heavy (non-hydrogen) atoms. The van der Waals surface area contributed by atoms with Gasteiger partial charge < -0.3 is 18.9 Å². The average Bonchev–Trinajstić information content (AvgIpc) is 2.15. The molecule has 0 saturated carbocycles. The van der Waals surface area contributed by atoms with Crippen LogP contribution < -0.4 is 39.3 Å². The van der Waals surface area contributed by atoms with Crippen molar-refractivity contribution >= 4 is 7.82 Å². The molecule has 0 heterocycles. The summed E-state index contributed by atoms with van der Waals surface area (Å²) in [5.41, 5.74) is -0.770. The van der Waals surface area contributed by atoms with Crippen molar-refractivity contribution in [1.29, 1.82) is 0 Å². The van der Waals surface area contributed by atoms with Gasteiger partial charge in [0.05, 0.1) is 13.4 Å². The van der Waals surface area contributed by atoms with Crippen LogP contribution in [0.5, 0.6) is 0 Å². The largest absolute Gasteiger partial charge is 1.00 e. The fraction of sp³-hybridized carbons (Fsp3) is 1.00. The standard InChI is InChI=1S/C10H23O4P.Na/c1-4-7-8-9-10(5-2,6-3)14-15(11,12)13;/h4-9H2,1-3H3,(H2,11,12,13);/q;+1/p-2. The Hall–Kier alpha value is 1.11. The van der Waals surface area contributed by atoms with Gasteiger partial charge >= 0.3 is 29.6 Å². The van der Waals surface area contributed by atoms with Gasteiger partial charge in [-0.2, -0.15) is 0 Å². The Morgan fingerprint density at radius 2 is 1.62 bits per heavy atom. The number of rotatable bonds is 8. The first-order valence-corrected chi connectivity index (χ1v) is 7.08. The van der Waals surface area contributed by atoms with E-state index in [4.69, 9.17) is 4.52 Å².